The Bertz CT molecular complexity index is 527. The van der Waals surface area contributed by atoms with Gasteiger partial charge in [-0.3, -0.25) is 4.79 Å². The normalized spacial score (nSPS) is 11.5. The standard InChI is InChI=1S/C12H14FN3O4/c1-6-2-7(13)4-8(3-6)15-12(20)16-9(11(18)19)5-10(14)17/h2-4,9H,5H2,1H3,(H2,14,17)(H,18,19)(H2,15,16,20)/t9-/m0/s1. The SMILES string of the molecule is Cc1cc(F)cc(NC(=O)N[C@@H](CC(N)=O)C(=O)O)c1. The molecule has 1 atom stereocenters. The Kier molecular flexibility index (Phi) is 5.01. The maximum atomic E-state index is 13.1. The summed E-state index contributed by atoms with van der Waals surface area (Å²) in [6, 6.07) is 1.55. The number of aryl methyl sites for hydroxylation is 1. The summed E-state index contributed by atoms with van der Waals surface area (Å²) in [6.07, 6.45) is -0.537. The summed E-state index contributed by atoms with van der Waals surface area (Å²) in [5.74, 6) is -2.79. The van der Waals surface area contributed by atoms with E-state index in [2.05, 4.69) is 10.6 Å². The molecule has 5 N–H and O–H groups in total. The van der Waals surface area contributed by atoms with Crippen molar-refractivity contribution in [2.45, 2.75) is 19.4 Å². The molecule has 0 radical (unpaired) electrons. The third kappa shape index (κ3) is 4.92. The first-order valence-electron chi connectivity index (χ1n) is 5.63. The average molecular weight is 283 g/mol. The van der Waals surface area contributed by atoms with Crippen molar-refractivity contribution in [3.63, 3.8) is 0 Å². The summed E-state index contributed by atoms with van der Waals surface area (Å²) in [7, 11) is 0. The second-order valence-electron chi connectivity index (χ2n) is 4.18. The Balaban J connectivity index is 2.70. The van der Waals surface area contributed by atoms with Gasteiger partial charge in [0.1, 0.15) is 11.9 Å². The van der Waals surface area contributed by atoms with E-state index < -0.39 is 36.2 Å². The summed E-state index contributed by atoms with van der Waals surface area (Å²) in [4.78, 5) is 33.1. The molecule has 0 aromatic heterocycles. The van der Waals surface area contributed by atoms with Crippen molar-refractivity contribution in [1.82, 2.24) is 5.32 Å². The fraction of sp³-hybridized carbons (Fsp3) is 0.250. The lowest BCUT2D eigenvalue weighted by atomic mass is 10.2. The highest BCUT2D eigenvalue weighted by Gasteiger charge is 2.22. The Morgan fingerprint density at radius 2 is 2.00 bits per heavy atom. The highest BCUT2D eigenvalue weighted by atomic mass is 19.1. The molecule has 0 heterocycles. The molecule has 0 spiro atoms. The van der Waals surface area contributed by atoms with Gasteiger partial charge in [-0.05, 0) is 30.7 Å². The second-order valence-corrected chi connectivity index (χ2v) is 4.18. The molecule has 7 nitrogen and oxygen atoms in total. The zero-order valence-corrected chi connectivity index (χ0v) is 10.6. The molecule has 8 heteroatoms. The van der Waals surface area contributed by atoms with E-state index in [0.717, 1.165) is 6.07 Å². The van der Waals surface area contributed by atoms with Crippen LogP contribution in [0.1, 0.15) is 12.0 Å². The lowest BCUT2D eigenvalue weighted by molar-refractivity contribution is -0.140. The number of nitrogens with two attached hydrogens (primary N) is 1. The second kappa shape index (κ2) is 6.50. The van der Waals surface area contributed by atoms with Gasteiger partial charge in [0.15, 0.2) is 0 Å². The number of carbonyl (C=O) groups is 3. The third-order valence-electron chi connectivity index (χ3n) is 2.31. The van der Waals surface area contributed by atoms with E-state index in [9.17, 15) is 18.8 Å². The van der Waals surface area contributed by atoms with E-state index in [-0.39, 0.29) is 5.69 Å². The smallest absolute Gasteiger partial charge is 0.326 e. The van der Waals surface area contributed by atoms with Crippen LogP contribution in [0.15, 0.2) is 18.2 Å². The van der Waals surface area contributed by atoms with E-state index in [1.54, 1.807) is 6.92 Å². The number of primary amides is 1. The number of amides is 3. The molecule has 0 fully saturated rings. The van der Waals surface area contributed by atoms with Gasteiger partial charge in [0, 0.05) is 5.69 Å². The van der Waals surface area contributed by atoms with Crippen LogP contribution in [0.2, 0.25) is 0 Å². The van der Waals surface area contributed by atoms with Crippen LogP contribution in [0, 0.1) is 12.7 Å². The minimum Gasteiger partial charge on any atom is -0.480 e. The molecule has 0 aliphatic rings. The molecular weight excluding hydrogens is 269 g/mol. The average Bonchev–Trinajstić information content (AvgIpc) is 2.25. The molecule has 1 aromatic carbocycles. The number of aliphatic carboxylic acids is 1. The predicted octanol–water partition coefficient (Wildman–Crippen LogP) is 0.584. The van der Waals surface area contributed by atoms with E-state index >= 15 is 0 Å². The minimum absolute atomic E-state index is 0.170. The molecule has 20 heavy (non-hydrogen) atoms. The summed E-state index contributed by atoms with van der Waals surface area (Å²) in [5.41, 5.74) is 5.64. The van der Waals surface area contributed by atoms with Gasteiger partial charge in [0.25, 0.3) is 0 Å². The van der Waals surface area contributed by atoms with E-state index in [4.69, 9.17) is 10.8 Å². The molecule has 1 aromatic rings. The van der Waals surface area contributed by atoms with E-state index in [1.807, 2.05) is 0 Å². The quantitative estimate of drug-likeness (QED) is 0.631. The number of urea groups is 1. The molecule has 0 aliphatic carbocycles. The lowest BCUT2D eigenvalue weighted by Gasteiger charge is -2.14. The van der Waals surface area contributed by atoms with Crippen molar-refractivity contribution in [3.8, 4) is 0 Å². The minimum atomic E-state index is -1.44. The number of rotatable bonds is 5. The van der Waals surface area contributed by atoms with Gasteiger partial charge in [-0.2, -0.15) is 0 Å². The molecule has 3 amide bonds. The van der Waals surface area contributed by atoms with Crippen LogP contribution in [-0.2, 0) is 9.59 Å². The Morgan fingerprint density at radius 1 is 1.35 bits per heavy atom. The Labute approximate surface area is 114 Å². The summed E-state index contributed by atoms with van der Waals surface area (Å²) in [5, 5.41) is 13.2. The number of anilines is 1. The molecule has 0 saturated carbocycles. The zero-order chi connectivity index (χ0) is 15.3. The van der Waals surface area contributed by atoms with Crippen LogP contribution in [-0.4, -0.2) is 29.1 Å². The molecule has 108 valence electrons. The van der Waals surface area contributed by atoms with Crippen molar-refractivity contribution in [1.29, 1.82) is 0 Å². The van der Waals surface area contributed by atoms with Crippen molar-refractivity contribution in [3.05, 3.63) is 29.6 Å². The maximum absolute atomic E-state index is 13.1. The highest BCUT2D eigenvalue weighted by Crippen LogP contribution is 2.13. The number of carboxylic acids is 1. The van der Waals surface area contributed by atoms with Gasteiger partial charge < -0.3 is 21.5 Å². The van der Waals surface area contributed by atoms with Crippen LogP contribution >= 0.6 is 0 Å². The highest BCUT2D eigenvalue weighted by molar-refractivity contribution is 5.93. The summed E-state index contributed by atoms with van der Waals surface area (Å²) >= 11 is 0. The van der Waals surface area contributed by atoms with Gasteiger partial charge in [-0.25, -0.2) is 14.0 Å². The predicted molar refractivity (Wildman–Crippen MR) is 68.5 cm³/mol. The zero-order valence-electron chi connectivity index (χ0n) is 10.6. The number of benzene rings is 1. The molecule has 0 unspecified atom stereocenters. The van der Waals surface area contributed by atoms with Crippen molar-refractivity contribution in [2.24, 2.45) is 5.73 Å². The number of carbonyl (C=O) groups excluding carboxylic acids is 2. The third-order valence-corrected chi connectivity index (χ3v) is 2.31. The van der Waals surface area contributed by atoms with Crippen LogP contribution in [0.5, 0.6) is 0 Å². The topological polar surface area (TPSA) is 122 Å². The fourth-order valence-corrected chi connectivity index (χ4v) is 1.54. The summed E-state index contributed by atoms with van der Waals surface area (Å²) < 4.78 is 13.1. The number of halogens is 1. The first-order valence-corrected chi connectivity index (χ1v) is 5.63. The lowest BCUT2D eigenvalue weighted by Crippen LogP contribution is -2.45. The van der Waals surface area contributed by atoms with Crippen LogP contribution in [0.4, 0.5) is 14.9 Å². The number of hydrogen-bond donors (Lipinski definition) is 4. The van der Waals surface area contributed by atoms with Crippen molar-refractivity contribution in [2.75, 3.05) is 5.32 Å². The van der Waals surface area contributed by atoms with E-state index in [1.165, 1.54) is 12.1 Å². The molecule has 0 bridgehead atoms. The number of nitrogens with one attached hydrogen (secondary N) is 2. The van der Waals surface area contributed by atoms with E-state index in [0.29, 0.717) is 5.56 Å². The van der Waals surface area contributed by atoms with Crippen LogP contribution in [0.25, 0.3) is 0 Å². The molecule has 1 rings (SSSR count). The first kappa shape index (κ1) is 15.4. The number of carboxylic acid groups (broad SMARTS) is 1. The summed E-state index contributed by atoms with van der Waals surface area (Å²) in [6.45, 7) is 1.64. The van der Waals surface area contributed by atoms with Crippen LogP contribution < -0.4 is 16.4 Å². The maximum Gasteiger partial charge on any atom is 0.326 e. The van der Waals surface area contributed by atoms with Crippen LogP contribution in [0.3, 0.4) is 0 Å². The van der Waals surface area contributed by atoms with Gasteiger partial charge >= 0.3 is 12.0 Å². The van der Waals surface area contributed by atoms with Crippen molar-refractivity contribution >= 4 is 23.6 Å². The molecule has 0 saturated heterocycles. The van der Waals surface area contributed by atoms with Gasteiger partial charge in [-0.1, -0.05) is 0 Å². The molecular formula is C12H14FN3O4. The monoisotopic (exact) mass is 283 g/mol. The van der Waals surface area contributed by atoms with Gasteiger partial charge in [-0.15, -0.1) is 0 Å². The number of hydrogen-bond acceptors (Lipinski definition) is 3. The van der Waals surface area contributed by atoms with Gasteiger partial charge in [0.2, 0.25) is 5.91 Å². The fourth-order valence-electron chi connectivity index (χ4n) is 1.54. The van der Waals surface area contributed by atoms with Gasteiger partial charge in [0.05, 0.1) is 6.42 Å². The Hall–Kier alpha value is -2.64. The molecule has 0 aliphatic heterocycles. The van der Waals surface area contributed by atoms with Crippen molar-refractivity contribution < 1.29 is 23.9 Å². The first-order chi connectivity index (χ1) is 9.27. The Morgan fingerprint density at radius 3 is 2.50 bits per heavy atom. The largest absolute Gasteiger partial charge is 0.480 e.